The van der Waals surface area contributed by atoms with Crippen molar-refractivity contribution < 1.29 is 39.6 Å². The molecule has 122 valence electrons. The highest BCUT2D eigenvalue weighted by Gasteiger charge is 2.65. The Bertz CT molecular complexity index is 487. The summed E-state index contributed by atoms with van der Waals surface area (Å²) >= 11 is 0. The molecule has 0 radical (unpaired) electrons. The van der Waals surface area contributed by atoms with Gasteiger partial charge in [-0.2, -0.15) is 0 Å². The highest BCUT2D eigenvalue weighted by molar-refractivity contribution is 5.87. The SMILES string of the molecule is CCC1CC2C(C(=O)O)C(C(=O)O)C1C(C(=O)O)C2C(=O)O. The second-order valence-corrected chi connectivity index (χ2v) is 6.10. The molecule has 0 aromatic carbocycles. The molecular weight excluding hydrogens is 296 g/mol. The van der Waals surface area contributed by atoms with Gasteiger partial charge in [-0.05, 0) is 24.2 Å². The number of hydrogen-bond donors (Lipinski definition) is 4. The van der Waals surface area contributed by atoms with Crippen LogP contribution in [-0.2, 0) is 19.2 Å². The normalized spacial score (nSPS) is 40.1. The lowest BCUT2D eigenvalue weighted by Crippen LogP contribution is -2.62. The number of hydrogen-bond acceptors (Lipinski definition) is 4. The first-order chi connectivity index (χ1) is 10.2. The number of carboxylic acids is 4. The van der Waals surface area contributed by atoms with Crippen molar-refractivity contribution in [1.29, 1.82) is 0 Å². The molecular formula is C14H18O8. The number of aliphatic carboxylic acids is 4. The largest absolute Gasteiger partial charge is 0.481 e. The fraction of sp³-hybridized carbons (Fsp3) is 0.714. The van der Waals surface area contributed by atoms with Crippen LogP contribution in [0.3, 0.4) is 0 Å². The molecule has 2 bridgehead atoms. The summed E-state index contributed by atoms with van der Waals surface area (Å²) in [5.74, 6) is -13.2. The molecule has 0 saturated heterocycles. The van der Waals surface area contributed by atoms with E-state index in [-0.39, 0.29) is 12.3 Å². The van der Waals surface area contributed by atoms with E-state index in [4.69, 9.17) is 0 Å². The smallest absolute Gasteiger partial charge is 0.307 e. The van der Waals surface area contributed by atoms with Gasteiger partial charge in [0.2, 0.25) is 0 Å². The molecule has 0 aromatic heterocycles. The highest BCUT2D eigenvalue weighted by Crippen LogP contribution is 2.58. The van der Waals surface area contributed by atoms with Crippen molar-refractivity contribution in [3.63, 3.8) is 0 Å². The Morgan fingerprint density at radius 2 is 1.14 bits per heavy atom. The summed E-state index contributed by atoms with van der Waals surface area (Å²) < 4.78 is 0. The summed E-state index contributed by atoms with van der Waals surface area (Å²) in [7, 11) is 0. The van der Waals surface area contributed by atoms with Crippen LogP contribution in [0.2, 0.25) is 0 Å². The zero-order valence-corrected chi connectivity index (χ0v) is 11.9. The van der Waals surface area contributed by atoms with Gasteiger partial charge >= 0.3 is 23.9 Å². The lowest BCUT2D eigenvalue weighted by atomic mass is 9.46. The summed E-state index contributed by atoms with van der Waals surface area (Å²) in [4.78, 5) is 46.1. The van der Waals surface area contributed by atoms with Gasteiger partial charge in [0.05, 0.1) is 23.7 Å². The topological polar surface area (TPSA) is 149 Å². The van der Waals surface area contributed by atoms with Gasteiger partial charge in [0.25, 0.3) is 0 Å². The Labute approximate surface area is 125 Å². The molecule has 3 fully saturated rings. The van der Waals surface area contributed by atoms with Crippen molar-refractivity contribution in [2.75, 3.05) is 0 Å². The maximum atomic E-state index is 11.6. The molecule has 0 heterocycles. The molecule has 3 aliphatic carbocycles. The van der Waals surface area contributed by atoms with Gasteiger partial charge in [-0.1, -0.05) is 13.3 Å². The van der Waals surface area contributed by atoms with Crippen LogP contribution in [0.1, 0.15) is 19.8 Å². The van der Waals surface area contributed by atoms with E-state index in [1.54, 1.807) is 6.92 Å². The molecule has 0 aromatic rings. The van der Waals surface area contributed by atoms with Crippen molar-refractivity contribution in [1.82, 2.24) is 0 Å². The van der Waals surface area contributed by atoms with Crippen LogP contribution in [0, 0.1) is 41.4 Å². The summed E-state index contributed by atoms with van der Waals surface area (Å²) in [5.41, 5.74) is 0. The maximum absolute atomic E-state index is 11.6. The first kappa shape index (κ1) is 16.3. The highest BCUT2D eigenvalue weighted by atomic mass is 16.4. The molecule has 5 atom stereocenters. The lowest BCUT2D eigenvalue weighted by molar-refractivity contribution is -0.197. The Morgan fingerprint density at radius 3 is 1.41 bits per heavy atom. The standard InChI is InChI=1S/C14H18O8/c1-2-4-3-5-7(11(15)16)9(13(19)20)6(4)10(14(21)22)8(5)12(17)18/h4-10H,2-3H2,1H3,(H,15,16)(H,17,18)(H,19,20)(H,21,22). The van der Waals surface area contributed by atoms with Gasteiger partial charge < -0.3 is 20.4 Å². The predicted octanol–water partition coefficient (Wildman–Crippen LogP) is 0.465. The molecule has 8 heteroatoms. The van der Waals surface area contributed by atoms with Crippen LogP contribution in [0.15, 0.2) is 0 Å². The van der Waals surface area contributed by atoms with E-state index in [9.17, 15) is 39.6 Å². The Balaban J connectivity index is 2.60. The van der Waals surface area contributed by atoms with E-state index >= 15 is 0 Å². The van der Waals surface area contributed by atoms with Crippen LogP contribution in [0.5, 0.6) is 0 Å². The van der Waals surface area contributed by atoms with Crippen LogP contribution in [0.4, 0.5) is 0 Å². The quantitative estimate of drug-likeness (QED) is 0.572. The molecule has 0 spiro atoms. The number of rotatable bonds is 5. The summed E-state index contributed by atoms with van der Waals surface area (Å²) in [5, 5.41) is 37.5. The maximum Gasteiger partial charge on any atom is 0.307 e. The van der Waals surface area contributed by atoms with Crippen molar-refractivity contribution in [2.24, 2.45) is 41.4 Å². The Hall–Kier alpha value is -2.12. The molecule has 3 aliphatic rings. The third kappa shape index (κ3) is 2.22. The minimum atomic E-state index is -1.37. The number of carboxylic acid groups (broad SMARTS) is 4. The molecule has 8 nitrogen and oxygen atoms in total. The average Bonchev–Trinajstić information content (AvgIpc) is 2.44. The molecule has 3 rings (SSSR count). The van der Waals surface area contributed by atoms with Crippen LogP contribution >= 0.6 is 0 Å². The zero-order valence-electron chi connectivity index (χ0n) is 11.9. The van der Waals surface area contributed by atoms with E-state index in [2.05, 4.69) is 0 Å². The minimum Gasteiger partial charge on any atom is -0.481 e. The van der Waals surface area contributed by atoms with Crippen molar-refractivity contribution in [2.45, 2.75) is 19.8 Å². The Kier molecular flexibility index (Phi) is 4.12. The van der Waals surface area contributed by atoms with Crippen molar-refractivity contribution in [3.05, 3.63) is 0 Å². The van der Waals surface area contributed by atoms with E-state index in [1.165, 1.54) is 0 Å². The van der Waals surface area contributed by atoms with Gasteiger partial charge in [0.15, 0.2) is 0 Å². The summed E-state index contributed by atoms with van der Waals surface area (Å²) in [6.07, 6.45) is 0.732. The minimum absolute atomic E-state index is 0.239. The molecule has 0 amide bonds. The van der Waals surface area contributed by atoms with Crippen molar-refractivity contribution in [3.8, 4) is 0 Å². The van der Waals surface area contributed by atoms with Crippen LogP contribution < -0.4 is 0 Å². The van der Waals surface area contributed by atoms with E-state index in [0.717, 1.165) is 0 Å². The molecule has 22 heavy (non-hydrogen) atoms. The predicted molar refractivity (Wildman–Crippen MR) is 69.9 cm³/mol. The van der Waals surface area contributed by atoms with Gasteiger partial charge in [0, 0.05) is 0 Å². The first-order valence-corrected chi connectivity index (χ1v) is 7.13. The fourth-order valence-corrected chi connectivity index (χ4v) is 4.59. The van der Waals surface area contributed by atoms with Gasteiger partial charge in [-0.25, -0.2) is 0 Å². The fourth-order valence-electron chi connectivity index (χ4n) is 4.59. The lowest BCUT2D eigenvalue weighted by Gasteiger charge is -2.54. The monoisotopic (exact) mass is 314 g/mol. The molecule has 5 unspecified atom stereocenters. The Morgan fingerprint density at radius 1 is 0.773 bits per heavy atom. The summed E-state index contributed by atoms with van der Waals surface area (Å²) in [6, 6.07) is 0. The number of fused-ring (bicyclic) bond motifs is 3. The summed E-state index contributed by atoms with van der Waals surface area (Å²) in [6.45, 7) is 1.77. The van der Waals surface area contributed by atoms with Crippen LogP contribution in [-0.4, -0.2) is 44.3 Å². The third-order valence-electron chi connectivity index (χ3n) is 5.31. The van der Waals surface area contributed by atoms with Gasteiger partial charge in [-0.3, -0.25) is 19.2 Å². The average molecular weight is 314 g/mol. The van der Waals surface area contributed by atoms with Gasteiger partial charge in [-0.15, -0.1) is 0 Å². The third-order valence-corrected chi connectivity index (χ3v) is 5.31. The first-order valence-electron chi connectivity index (χ1n) is 7.13. The molecule has 0 aliphatic heterocycles. The van der Waals surface area contributed by atoms with Crippen LogP contribution in [0.25, 0.3) is 0 Å². The van der Waals surface area contributed by atoms with E-state index in [0.29, 0.717) is 6.42 Å². The second-order valence-electron chi connectivity index (χ2n) is 6.10. The number of carbonyl (C=O) groups is 4. The van der Waals surface area contributed by atoms with Gasteiger partial charge in [0.1, 0.15) is 0 Å². The molecule has 4 N–H and O–H groups in total. The second kappa shape index (κ2) is 5.58. The van der Waals surface area contributed by atoms with E-state index < -0.39 is 59.4 Å². The van der Waals surface area contributed by atoms with E-state index in [1.807, 2.05) is 0 Å². The molecule has 3 saturated carbocycles. The zero-order chi connectivity index (χ0) is 16.8. The van der Waals surface area contributed by atoms with Crippen molar-refractivity contribution >= 4 is 23.9 Å².